The molecule has 5 N–H and O–H groups in total. The third-order valence-corrected chi connectivity index (χ3v) is 8.96. The van der Waals surface area contributed by atoms with E-state index in [2.05, 4.69) is 16.0 Å². The van der Waals surface area contributed by atoms with Crippen LogP contribution < -0.4 is 16.0 Å². The summed E-state index contributed by atoms with van der Waals surface area (Å²) >= 11 is 0. The van der Waals surface area contributed by atoms with Crippen LogP contribution in [0.1, 0.15) is 71.6 Å². The van der Waals surface area contributed by atoms with E-state index in [9.17, 15) is 37.3 Å². The molecule has 40 heavy (non-hydrogen) atoms. The van der Waals surface area contributed by atoms with Crippen molar-refractivity contribution in [2.75, 3.05) is 26.2 Å². The number of likely N-dealkylation sites (tertiary alicyclic amines) is 1. The first kappa shape index (κ1) is 32.1. The monoisotopic (exact) mass is 588 g/mol. The van der Waals surface area contributed by atoms with Gasteiger partial charge in [-0.1, -0.05) is 33.1 Å². The van der Waals surface area contributed by atoms with Gasteiger partial charge in [-0.3, -0.25) is 18.9 Å². The molecule has 2 aliphatic heterocycles. The maximum atomic E-state index is 13.1. The molecule has 14 heteroatoms. The van der Waals surface area contributed by atoms with E-state index in [1.54, 1.807) is 0 Å². The summed E-state index contributed by atoms with van der Waals surface area (Å²) in [4.78, 5) is 52.4. The van der Waals surface area contributed by atoms with Gasteiger partial charge in [-0.05, 0) is 50.4 Å². The highest BCUT2D eigenvalue weighted by Crippen LogP contribution is 2.27. The molecule has 3 rings (SSSR count). The van der Waals surface area contributed by atoms with Crippen LogP contribution in [0.5, 0.6) is 0 Å². The molecule has 2 heterocycles. The summed E-state index contributed by atoms with van der Waals surface area (Å²) in [6.45, 7) is 5.24. The second kappa shape index (κ2) is 14.4. The Morgan fingerprint density at radius 1 is 1.07 bits per heavy atom. The number of ether oxygens (including phenoxy) is 1. The van der Waals surface area contributed by atoms with Crippen molar-refractivity contribution in [1.82, 2.24) is 20.9 Å². The Labute approximate surface area is 235 Å². The quantitative estimate of drug-likeness (QED) is 0.193. The normalized spacial score (nSPS) is 24.5. The van der Waals surface area contributed by atoms with Crippen molar-refractivity contribution >= 4 is 33.9 Å². The van der Waals surface area contributed by atoms with Crippen LogP contribution in [-0.4, -0.2) is 90.6 Å². The lowest BCUT2D eigenvalue weighted by molar-refractivity contribution is -0.132. The van der Waals surface area contributed by atoms with Crippen LogP contribution in [-0.2, 0) is 29.2 Å². The standard InChI is InChI=1S/C26H44N4O9S/c1-16(2)12-20(23(32)28-21(25(34)40(36,37)38)13-18-8-10-27-22(18)31)29-26(35)39-15-19-9-11-30(24(19)33)14-17-6-4-3-5-7-17/h16-21,25,34H,3-15H2,1-2H3,(H,27,31)(H,28,32)(H,29,35)(H,36,37,38)/t18-,19?,20-,21-,25?/m0/s1. The van der Waals surface area contributed by atoms with Crippen molar-refractivity contribution < 1.29 is 42.0 Å². The van der Waals surface area contributed by atoms with Gasteiger partial charge in [-0.2, -0.15) is 8.42 Å². The summed E-state index contributed by atoms with van der Waals surface area (Å²) in [7, 11) is -4.95. The fraction of sp³-hybridized carbons (Fsp3) is 0.846. The first-order valence-electron chi connectivity index (χ1n) is 14.3. The van der Waals surface area contributed by atoms with Crippen LogP contribution in [0.2, 0.25) is 0 Å². The number of alkyl carbamates (subject to hydrolysis) is 1. The highest BCUT2D eigenvalue weighted by atomic mass is 32.2. The summed E-state index contributed by atoms with van der Waals surface area (Å²) in [6.07, 6.45) is 5.87. The Hall–Kier alpha value is -2.45. The minimum Gasteiger partial charge on any atom is -0.449 e. The number of nitrogens with one attached hydrogen (secondary N) is 3. The van der Waals surface area contributed by atoms with E-state index in [1.807, 2.05) is 18.7 Å². The fourth-order valence-electron chi connectivity index (χ4n) is 5.80. The zero-order valence-electron chi connectivity index (χ0n) is 23.3. The topological polar surface area (TPSA) is 191 Å². The van der Waals surface area contributed by atoms with Crippen LogP contribution in [0.15, 0.2) is 0 Å². The number of aliphatic hydroxyl groups is 1. The number of rotatable bonds is 13. The largest absolute Gasteiger partial charge is 0.449 e. The summed E-state index contributed by atoms with van der Waals surface area (Å²) in [5, 5.41) is 17.7. The molecule has 3 fully saturated rings. The Kier molecular flexibility index (Phi) is 11.6. The molecule has 5 atom stereocenters. The van der Waals surface area contributed by atoms with Gasteiger partial charge in [0.15, 0.2) is 0 Å². The molecule has 228 valence electrons. The van der Waals surface area contributed by atoms with E-state index in [4.69, 9.17) is 4.74 Å². The number of aliphatic hydroxyl groups excluding tert-OH is 1. The van der Waals surface area contributed by atoms with Crippen molar-refractivity contribution in [3.8, 4) is 0 Å². The van der Waals surface area contributed by atoms with Crippen molar-refractivity contribution in [3.05, 3.63) is 0 Å². The van der Waals surface area contributed by atoms with E-state index in [1.165, 1.54) is 19.3 Å². The van der Waals surface area contributed by atoms with Gasteiger partial charge in [-0.15, -0.1) is 0 Å². The van der Waals surface area contributed by atoms with E-state index in [0.717, 1.165) is 19.4 Å². The number of carbonyl (C=O) groups excluding carboxylic acids is 4. The van der Waals surface area contributed by atoms with E-state index in [-0.39, 0.29) is 37.2 Å². The zero-order chi connectivity index (χ0) is 29.4. The van der Waals surface area contributed by atoms with E-state index in [0.29, 0.717) is 31.8 Å². The maximum Gasteiger partial charge on any atom is 0.407 e. The summed E-state index contributed by atoms with van der Waals surface area (Å²) in [5.41, 5.74) is -2.36. The van der Waals surface area contributed by atoms with Crippen LogP contribution in [0.3, 0.4) is 0 Å². The third-order valence-electron chi connectivity index (χ3n) is 8.02. The van der Waals surface area contributed by atoms with Crippen LogP contribution >= 0.6 is 0 Å². The molecule has 3 aliphatic rings. The number of hydrogen-bond donors (Lipinski definition) is 5. The highest BCUT2D eigenvalue weighted by Gasteiger charge is 2.38. The van der Waals surface area contributed by atoms with Crippen molar-refractivity contribution in [2.45, 2.75) is 89.2 Å². The number of carbonyl (C=O) groups is 4. The smallest absolute Gasteiger partial charge is 0.407 e. The van der Waals surface area contributed by atoms with Gasteiger partial charge in [-0.25, -0.2) is 4.79 Å². The average molecular weight is 589 g/mol. The van der Waals surface area contributed by atoms with Gasteiger partial charge >= 0.3 is 6.09 Å². The first-order valence-corrected chi connectivity index (χ1v) is 15.8. The second-order valence-electron chi connectivity index (χ2n) is 11.7. The molecule has 13 nitrogen and oxygen atoms in total. The van der Waals surface area contributed by atoms with Gasteiger partial charge in [0.25, 0.3) is 10.1 Å². The van der Waals surface area contributed by atoms with Crippen molar-refractivity contribution in [3.63, 3.8) is 0 Å². The van der Waals surface area contributed by atoms with E-state index < -0.39 is 51.5 Å². The zero-order valence-corrected chi connectivity index (χ0v) is 24.2. The number of hydrogen-bond acceptors (Lipinski definition) is 8. The average Bonchev–Trinajstić information content (AvgIpc) is 3.45. The summed E-state index contributed by atoms with van der Waals surface area (Å²) in [5.74, 6) is -1.84. The van der Waals surface area contributed by atoms with Gasteiger partial charge in [0.05, 0.1) is 12.0 Å². The first-order chi connectivity index (χ1) is 18.8. The van der Waals surface area contributed by atoms with Crippen molar-refractivity contribution in [1.29, 1.82) is 0 Å². The lowest BCUT2D eigenvalue weighted by atomic mass is 9.89. The molecule has 1 saturated carbocycles. The number of amides is 4. The lowest BCUT2D eigenvalue weighted by Crippen LogP contribution is -2.55. The fourth-order valence-corrected chi connectivity index (χ4v) is 6.39. The van der Waals surface area contributed by atoms with Gasteiger partial charge in [0.1, 0.15) is 12.6 Å². The van der Waals surface area contributed by atoms with Crippen LogP contribution in [0.4, 0.5) is 4.79 Å². The van der Waals surface area contributed by atoms with Crippen LogP contribution in [0, 0.1) is 23.7 Å². The van der Waals surface area contributed by atoms with Gasteiger partial charge < -0.3 is 30.7 Å². The Morgan fingerprint density at radius 2 is 1.77 bits per heavy atom. The molecule has 2 saturated heterocycles. The molecule has 0 spiro atoms. The molecule has 2 unspecified atom stereocenters. The SMILES string of the molecule is CC(C)C[C@H](NC(=O)OCC1CCN(CC2CCCCC2)C1=O)C(=O)N[C@@H](C[C@@H]1CCNC1=O)C(O)S(=O)(=O)O. The molecule has 1 aliphatic carbocycles. The minimum absolute atomic E-state index is 0.0344. The predicted molar refractivity (Wildman–Crippen MR) is 144 cm³/mol. The molecule has 0 aromatic carbocycles. The second-order valence-corrected chi connectivity index (χ2v) is 13.2. The third kappa shape index (κ3) is 9.30. The molecular formula is C26H44N4O9S. The molecule has 0 aromatic rings. The summed E-state index contributed by atoms with van der Waals surface area (Å²) in [6, 6.07) is -2.64. The number of nitrogens with zero attached hydrogens (tertiary/aromatic N) is 1. The summed E-state index contributed by atoms with van der Waals surface area (Å²) < 4.78 is 38.0. The van der Waals surface area contributed by atoms with Crippen molar-refractivity contribution in [2.24, 2.45) is 23.7 Å². The Balaban J connectivity index is 1.56. The molecular weight excluding hydrogens is 544 g/mol. The maximum absolute atomic E-state index is 13.1. The van der Waals surface area contributed by atoms with E-state index >= 15 is 0 Å². The van der Waals surface area contributed by atoms with Crippen LogP contribution in [0.25, 0.3) is 0 Å². The lowest BCUT2D eigenvalue weighted by Gasteiger charge is -2.27. The molecule has 0 aromatic heterocycles. The Morgan fingerprint density at radius 3 is 2.38 bits per heavy atom. The molecule has 4 amide bonds. The Bertz CT molecular complexity index is 1020. The van der Waals surface area contributed by atoms with Gasteiger partial charge in [0, 0.05) is 25.6 Å². The molecule has 0 radical (unpaired) electrons. The predicted octanol–water partition coefficient (Wildman–Crippen LogP) is 0.773. The minimum atomic E-state index is -4.95. The highest BCUT2D eigenvalue weighted by molar-refractivity contribution is 7.86. The van der Waals surface area contributed by atoms with Gasteiger partial charge in [0.2, 0.25) is 23.2 Å². The molecule has 0 bridgehead atoms.